The molecule has 7 heteroatoms. The molecule has 3 rings (SSSR count). The highest BCUT2D eigenvalue weighted by Crippen LogP contribution is 2.23. The van der Waals surface area contributed by atoms with Gasteiger partial charge in [0.2, 0.25) is 0 Å². The van der Waals surface area contributed by atoms with Crippen molar-refractivity contribution in [2.24, 2.45) is 0 Å². The highest BCUT2D eigenvalue weighted by molar-refractivity contribution is 7.80. The smallest absolute Gasteiger partial charge is 0.253 e. The van der Waals surface area contributed by atoms with Crippen LogP contribution >= 0.6 is 12.2 Å². The number of aromatic amines is 1. The number of aliphatic hydroxyl groups excluding tert-OH is 1. The van der Waals surface area contributed by atoms with Crippen LogP contribution in [-0.4, -0.2) is 40.4 Å². The maximum absolute atomic E-state index is 12.6. The van der Waals surface area contributed by atoms with E-state index in [1.807, 2.05) is 55.5 Å². The van der Waals surface area contributed by atoms with E-state index >= 15 is 0 Å². The van der Waals surface area contributed by atoms with Gasteiger partial charge in [-0.2, -0.15) is 0 Å². The Labute approximate surface area is 168 Å². The van der Waals surface area contributed by atoms with Gasteiger partial charge in [0, 0.05) is 12.1 Å². The lowest BCUT2D eigenvalue weighted by Gasteiger charge is -2.25. The molecule has 1 aromatic heterocycles. The van der Waals surface area contributed by atoms with Crippen LogP contribution in [0.15, 0.2) is 53.3 Å². The van der Waals surface area contributed by atoms with Crippen LogP contribution in [0, 0.1) is 6.92 Å². The van der Waals surface area contributed by atoms with Crippen molar-refractivity contribution in [3.63, 3.8) is 0 Å². The second-order valence-corrected chi connectivity index (χ2v) is 6.83. The SMILES string of the molecule is COc1ccccc1NC(=S)N(CCO)Cc1cc2cccc(C)c2[nH]c1=O. The van der Waals surface area contributed by atoms with E-state index in [2.05, 4.69) is 10.3 Å². The van der Waals surface area contributed by atoms with Crippen LogP contribution < -0.4 is 15.6 Å². The quantitative estimate of drug-likeness (QED) is 0.555. The number of thiocarbonyl (C=S) groups is 1. The number of nitrogens with zero attached hydrogens (tertiary/aromatic N) is 1. The molecule has 0 aliphatic carbocycles. The Morgan fingerprint density at radius 3 is 2.79 bits per heavy atom. The third-order valence-corrected chi connectivity index (χ3v) is 4.89. The number of ether oxygens (including phenoxy) is 1. The number of fused-ring (bicyclic) bond motifs is 1. The second kappa shape index (κ2) is 8.86. The number of hydrogen-bond donors (Lipinski definition) is 3. The van der Waals surface area contributed by atoms with Crippen LogP contribution in [0.2, 0.25) is 0 Å². The fraction of sp³-hybridized carbons (Fsp3) is 0.238. The number of anilines is 1. The number of hydrogen-bond acceptors (Lipinski definition) is 4. The van der Waals surface area contributed by atoms with Crippen molar-refractivity contribution < 1.29 is 9.84 Å². The normalized spacial score (nSPS) is 10.7. The number of aromatic nitrogens is 1. The molecule has 0 unspecified atom stereocenters. The van der Waals surface area contributed by atoms with E-state index in [0.717, 1.165) is 22.2 Å². The topological polar surface area (TPSA) is 77.6 Å². The molecule has 6 nitrogen and oxygen atoms in total. The molecular formula is C21H23N3O3S. The predicted octanol–water partition coefficient (Wildman–Crippen LogP) is 3.04. The van der Waals surface area contributed by atoms with Crippen molar-refractivity contribution >= 4 is 33.9 Å². The van der Waals surface area contributed by atoms with Crippen LogP contribution in [0.1, 0.15) is 11.1 Å². The highest BCUT2D eigenvalue weighted by Gasteiger charge is 2.15. The largest absolute Gasteiger partial charge is 0.495 e. The minimum atomic E-state index is -0.162. The van der Waals surface area contributed by atoms with E-state index in [9.17, 15) is 9.90 Å². The maximum Gasteiger partial charge on any atom is 0.253 e. The lowest BCUT2D eigenvalue weighted by Crippen LogP contribution is -2.37. The summed E-state index contributed by atoms with van der Waals surface area (Å²) in [6.07, 6.45) is 0. The first-order chi connectivity index (χ1) is 13.5. The predicted molar refractivity (Wildman–Crippen MR) is 116 cm³/mol. The average molecular weight is 398 g/mol. The molecule has 0 radical (unpaired) electrons. The molecule has 3 aromatic rings. The van der Waals surface area contributed by atoms with Gasteiger partial charge in [0.25, 0.3) is 5.56 Å². The number of methoxy groups -OCH3 is 1. The fourth-order valence-corrected chi connectivity index (χ4v) is 3.33. The monoisotopic (exact) mass is 397 g/mol. The van der Waals surface area contributed by atoms with E-state index in [0.29, 0.717) is 23.0 Å². The Hall–Kier alpha value is -2.90. The Morgan fingerprint density at radius 1 is 1.25 bits per heavy atom. The Balaban J connectivity index is 1.86. The number of para-hydroxylation sites is 3. The van der Waals surface area contributed by atoms with E-state index in [4.69, 9.17) is 17.0 Å². The molecule has 1 heterocycles. The van der Waals surface area contributed by atoms with Gasteiger partial charge in [-0.3, -0.25) is 4.79 Å². The number of pyridine rings is 1. The molecule has 0 saturated heterocycles. The first-order valence-electron chi connectivity index (χ1n) is 8.95. The molecule has 0 fully saturated rings. The summed E-state index contributed by atoms with van der Waals surface area (Å²) in [4.78, 5) is 17.3. The van der Waals surface area contributed by atoms with Crippen molar-refractivity contribution in [2.75, 3.05) is 25.6 Å². The Kier molecular flexibility index (Phi) is 6.28. The second-order valence-electron chi connectivity index (χ2n) is 6.44. The molecule has 28 heavy (non-hydrogen) atoms. The lowest BCUT2D eigenvalue weighted by molar-refractivity contribution is 0.248. The molecule has 0 amide bonds. The third kappa shape index (κ3) is 4.32. The number of benzene rings is 2. The zero-order chi connectivity index (χ0) is 20.1. The third-order valence-electron chi connectivity index (χ3n) is 4.53. The van der Waals surface area contributed by atoms with Crippen molar-refractivity contribution in [2.45, 2.75) is 13.5 Å². The van der Waals surface area contributed by atoms with Crippen LogP contribution in [0.25, 0.3) is 10.9 Å². The van der Waals surface area contributed by atoms with Gasteiger partial charge in [0.1, 0.15) is 5.75 Å². The van der Waals surface area contributed by atoms with Crippen LogP contribution in [0.4, 0.5) is 5.69 Å². The van der Waals surface area contributed by atoms with Gasteiger partial charge >= 0.3 is 0 Å². The van der Waals surface area contributed by atoms with Crippen LogP contribution in [-0.2, 0) is 6.54 Å². The zero-order valence-corrected chi connectivity index (χ0v) is 16.7. The maximum atomic E-state index is 12.6. The molecule has 0 aliphatic rings. The fourth-order valence-electron chi connectivity index (χ4n) is 3.07. The van der Waals surface area contributed by atoms with Crippen molar-refractivity contribution in [1.82, 2.24) is 9.88 Å². The molecule has 3 N–H and O–H groups in total. The summed E-state index contributed by atoms with van der Waals surface area (Å²) in [7, 11) is 1.59. The molecule has 0 atom stereocenters. The van der Waals surface area contributed by atoms with Crippen LogP contribution in [0.3, 0.4) is 0 Å². The van der Waals surface area contributed by atoms with E-state index in [1.54, 1.807) is 12.0 Å². The summed E-state index contributed by atoms with van der Waals surface area (Å²) in [5.41, 5.74) is 2.99. The Morgan fingerprint density at radius 2 is 2.04 bits per heavy atom. The summed E-state index contributed by atoms with van der Waals surface area (Å²) < 4.78 is 5.34. The van der Waals surface area contributed by atoms with E-state index in [1.165, 1.54) is 0 Å². The lowest BCUT2D eigenvalue weighted by atomic mass is 10.1. The van der Waals surface area contributed by atoms with Crippen molar-refractivity contribution in [1.29, 1.82) is 0 Å². The molecule has 0 saturated carbocycles. The standard InChI is InChI=1S/C21H23N3O3S/c1-14-6-5-7-15-12-16(20(26)23-19(14)15)13-24(10-11-25)21(28)22-17-8-3-4-9-18(17)27-2/h3-9,12,25H,10-11,13H2,1-2H3,(H,22,28)(H,23,26). The van der Waals surface area contributed by atoms with E-state index in [-0.39, 0.29) is 18.7 Å². The van der Waals surface area contributed by atoms with Gasteiger partial charge in [0.05, 0.1) is 31.5 Å². The molecule has 0 spiro atoms. The van der Waals surface area contributed by atoms with Crippen molar-refractivity contribution in [3.8, 4) is 5.75 Å². The summed E-state index contributed by atoms with van der Waals surface area (Å²) in [5, 5.41) is 14.0. The number of rotatable bonds is 6. The average Bonchev–Trinajstić information content (AvgIpc) is 2.69. The minimum absolute atomic E-state index is 0.0850. The first kappa shape index (κ1) is 19.9. The van der Waals surface area contributed by atoms with Gasteiger partial charge in [-0.15, -0.1) is 0 Å². The van der Waals surface area contributed by atoms with Gasteiger partial charge in [-0.25, -0.2) is 0 Å². The van der Waals surface area contributed by atoms with Gasteiger partial charge in [0.15, 0.2) is 5.11 Å². The molecule has 2 aromatic carbocycles. The molecule has 0 bridgehead atoms. The number of aryl methyl sites for hydroxylation is 1. The minimum Gasteiger partial charge on any atom is -0.495 e. The molecule has 146 valence electrons. The Bertz CT molecular complexity index is 1050. The summed E-state index contributed by atoms with van der Waals surface area (Å²) in [6, 6.07) is 15.2. The summed E-state index contributed by atoms with van der Waals surface area (Å²) in [5.74, 6) is 0.660. The van der Waals surface area contributed by atoms with Crippen LogP contribution in [0.5, 0.6) is 5.75 Å². The van der Waals surface area contributed by atoms with Crippen molar-refractivity contribution in [3.05, 3.63) is 70.0 Å². The molecular weight excluding hydrogens is 374 g/mol. The number of H-pyrrole nitrogens is 1. The summed E-state index contributed by atoms with van der Waals surface area (Å²) in [6.45, 7) is 2.45. The van der Waals surface area contributed by atoms with E-state index < -0.39 is 0 Å². The molecule has 0 aliphatic heterocycles. The highest BCUT2D eigenvalue weighted by atomic mass is 32.1. The number of nitrogens with one attached hydrogen (secondary N) is 2. The van der Waals surface area contributed by atoms with Gasteiger partial charge < -0.3 is 25.0 Å². The first-order valence-corrected chi connectivity index (χ1v) is 9.35. The number of aliphatic hydroxyl groups is 1. The van der Waals surface area contributed by atoms with Gasteiger partial charge in [-0.1, -0.05) is 30.3 Å². The summed E-state index contributed by atoms with van der Waals surface area (Å²) >= 11 is 5.53. The zero-order valence-electron chi connectivity index (χ0n) is 15.9. The van der Waals surface area contributed by atoms with Gasteiger partial charge in [-0.05, 0) is 48.3 Å².